The summed E-state index contributed by atoms with van der Waals surface area (Å²) in [6.45, 7) is 4.75. The molecule has 8 heteroatoms. The number of carbonyl (C=O) groups excluding carboxylic acids is 1. The van der Waals surface area contributed by atoms with Gasteiger partial charge in [-0.25, -0.2) is 0 Å². The number of nitrogens with one attached hydrogen (secondary N) is 1. The van der Waals surface area contributed by atoms with Crippen LogP contribution in [0, 0.1) is 13.8 Å². The number of nitrogens with zero attached hydrogens (tertiary/aromatic N) is 2. The quantitative estimate of drug-likeness (QED) is 0.186. The van der Waals surface area contributed by atoms with Crippen LogP contribution in [0.25, 0.3) is 11.3 Å². The summed E-state index contributed by atoms with van der Waals surface area (Å²) in [5.74, 6) is 1.97. The van der Waals surface area contributed by atoms with Crippen molar-refractivity contribution in [2.24, 2.45) is 0 Å². The van der Waals surface area contributed by atoms with Gasteiger partial charge < -0.3 is 24.2 Å². The first kappa shape index (κ1) is 28.9. The summed E-state index contributed by atoms with van der Waals surface area (Å²) in [6.07, 6.45) is 0.592. The van der Waals surface area contributed by atoms with Crippen molar-refractivity contribution in [1.82, 2.24) is 15.1 Å². The molecule has 5 aromatic rings. The van der Waals surface area contributed by atoms with E-state index in [4.69, 9.17) is 14.2 Å². The normalized spacial score (nSPS) is 14.0. The molecule has 2 N–H and O–H groups in total. The first-order chi connectivity index (χ1) is 21.4. The maximum absolute atomic E-state index is 14.0. The molecule has 0 fully saturated rings. The van der Waals surface area contributed by atoms with Crippen LogP contribution in [0.2, 0.25) is 0 Å². The van der Waals surface area contributed by atoms with Crippen LogP contribution in [0.1, 0.15) is 49.9 Å². The number of aromatic hydroxyl groups is 1. The smallest absolute Gasteiger partial charge is 0.273 e. The molecule has 2 heterocycles. The van der Waals surface area contributed by atoms with Crippen LogP contribution in [0.4, 0.5) is 0 Å². The number of methoxy groups -OCH3 is 2. The molecular formula is C36H35N3O5. The molecule has 0 bridgehead atoms. The third-order valence-corrected chi connectivity index (χ3v) is 8.07. The third-order valence-electron chi connectivity index (χ3n) is 8.07. The highest BCUT2D eigenvalue weighted by atomic mass is 16.5. The molecule has 1 atom stereocenters. The highest BCUT2D eigenvalue weighted by Crippen LogP contribution is 2.46. The number of H-pyrrole nitrogens is 1. The fourth-order valence-corrected chi connectivity index (χ4v) is 6.02. The molecule has 0 saturated carbocycles. The van der Waals surface area contributed by atoms with Crippen molar-refractivity contribution in [2.45, 2.75) is 32.9 Å². The molecule has 0 aliphatic carbocycles. The first-order valence-corrected chi connectivity index (χ1v) is 14.5. The molecule has 0 radical (unpaired) electrons. The van der Waals surface area contributed by atoms with E-state index in [-0.39, 0.29) is 11.7 Å². The van der Waals surface area contributed by atoms with E-state index >= 15 is 0 Å². The second-order valence-corrected chi connectivity index (χ2v) is 11.0. The van der Waals surface area contributed by atoms with Gasteiger partial charge in [-0.15, -0.1) is 0 Å². The second kappa shape index (κ2) is 12.2. The average molecular weight is 590 g/mol. The molecule has 4 aromatic carbocycles. The van der Waals surface area contributed by atoms with E-state index in [9.17, 15) is 9.90 Å². The maximum Gasteiger partial charge on any atom is 0.273 e. The number of fused-ring (bicyclic) bond motifs is 1. The third kappa shape index (κ3) is 5.46. The molecular weight excluding hydrogens is 554 g/mol. The number of amides is 1. The molecule has 8 nitrogen and oxygen atoms in total. The van der Waals surface area contributed by atoms with E-state index in [2.05, 4.69) is 10.2 Å². The number of aryl methyl sites for hydroxylation is 2. The largest absolute Gasteiger partial charge is 0.507 e. The summed E-state index contributed by atoms with van der Waals surface area (Å²) in [4.78, 5) is 15.9. The Kier molecular flexibility index (Phi) is 7.98. The number of benzene rings is 4. The zero-order chi connectivity index (χ0) is 30.8. The van der Waals surface area contributed by atoms with Crippen LogP contribution in [-0.2, 0) is 13.0 Å². The van der Waals surface area contributed by atoms with Gasteiger partial charge in [0.25, 0.3) is 5.91 Å². The Bertz CT molecular complexity index is 1790. The number of phenolic OH excluding ortho intramolecular Hbond substituents is 1. The van der Waals surface area contributed by atoms with Gasteiger partial charge in [0, 0.05) is 17.7 Å². The molecule has 0 spiro atoms. The van der Waals surface area contributed by atoms with Crippen LogP contribution in [0.3, 0.4) is 0 Å². The fraction of sp³-hybridized carbons (Fsp3) is 0.222. The summed E-state index contributed by atoms with van der Waals surface area (Å²) in [5.41, 5.74) is 7.14. The Balaban J connectivity index is 1.39. The van der Waals surface area contributed by atoms with Gasteiger partial charge in [0.05, 0.1) is 20.3 Å². The van der Waals surface area contributed by atoms with Crippen LogP contribution in [0.5, 0.6) is 23.0 Å². The van der Waals surface area contributed by atoms with Gasteiger partial charge in [0.15, 0.2) is 11.5 Å². The summed E-state index contributed by atoms with van der Waals surface area (Å²) in [6, 6.07) is 26.9. The summed E-state index contributed by atoms with van der Waals surface area (Å²) < 4.78 is 17.1. The van der Waals surface area contributed by atoms with E-state index in [1.54, 1.807) is 20.3 Å². The zero-order valence-corrected chi connectivity index (χ0v) is 25.3. The van der Waals surface area contributed by atoms with Crippen molar-refractivity contribution in [3.63, 3.8) is 0 Å². The predicted octanol–water partition coefficient (Wildman–Crippen LogP) is 6.78. The number of aromatic amines is 1. The number of ether oxygens (including phenoxy) is 3. The van der Waals surface area contributed by atoms with Crippen LogP contribution in [-0.4, -0.2) is 46.9 Å². The Morgan fingerprint density at radius 2 is 1.68 bits per heavy atom. The molecule has 0 saturated heterocycles. The van der Waals surface area contributed by atoms with E-state index in [1.165, 1.54) is 0 Å². The minimum absolute atomic E-state index is 0.131. The fourth-order valence-electron chi connectivity index (χ4n) is 6.02. The Hall–Kier alpha value is -5.24. The molecule has 44 heavy (non-hydrogen) atoms. The lowest BCUT2D eigenvalue weighted by atomic mass is 9.93. The predicted molar refractivity (Wildman–Crippen MR) is 169 cm³/mol. The lowest BCUT2D eigenvalue weighted by Gasteiger charge is -2.27. The molecule has 224 valence electrons. The lowest BCUT2D eigenvalue weighted by Crippen LogP contribution is -2.31. The molecule has 1 aliphatic rings. The van der Waals surface area contributed by atoms with Crippen molar-refractivity contribution < 1.29 is 24.1 Å². The monoisotopic (exact) mass is 589 g/mol. The van der Waals surface area contributed by atoms with Gasteiger partial charge in [-0.05, 0) is 78.4 Å². The first-order valence-electron chi connectivity index (χ1n) is 14.5. The van der Waals surface area contributed by atoms with Gasteiger partial charge in [-0.1, -0.05) is 54.6 Å². The van der Waals surface area contributed by atoms with Crippen molar-refractivity contribution in [2.75, 3.05) is 20.8 Å². The number of aromatic nitrogens is 2. The van der Waals surface area contributed by atoms with E-state index in [0.717, 1.165) is 33.4 Å². The van der Waals surface area contributed by atoms with Crippen LogP contribution >= 0.6 is 0 Å². The highest BCUT2D eigenvalue weighted by molar-refractivity contribution is 6.00. The molecule has 1 amide bonds. The molecule has 6 rings (SSSR count). The number of carbonyl (C=O) groups is 1. The summed E-state index contributed by atoms with van der Waals surface area (Å²) in [5, 5.41) is 18.6. The van der Waals surface area contributed by atoms with E-state index in [1.807, 2.05) is 97.6 Å². The average Bonchev–Trinajstić information content (AvgIpc) is 3.57. The lowest BCUT2D eigenvalue weighted by molar-refractivity contribution is 0.0745. The van der Waals surface area contributed by atoms with Crippen molar-refractivity contribution in [3.8, 4) is 34.3 Å². The summed E-state index contributed by atoms with van der Waals surface area (Å²) in [7, 11) is 3.22. The van der Waals surface area contributed by atoms with E-state index in [0.29, 0.717) is 53.8 Å². The van der Waals surface area contributed by atoms with Gasteiger partial charge in [-0.2, -0.15) is 5.10 Å². The number of hydrogen-bond acceptors (Lipinski definition) is 6. The SMILES string of the molecule is COc1ccc(CCN2C(=O)c3[nH]nc(-c4c(C)cc(C)cc4O)c3C2c2cccc(OCc3ccccc3)c2)cc1OC. The minimum atomic E-state index is -0.452. The number of rotatable bonds is 10. The zero-order valence-electron chi connectivity index (χ0n) is 25.3. The maximum atomic E-state index is 14.0. The molecule has 1 unspecified atom stereocenters. The number of phenols is 1. The minimum Gasteiger partial charge on any atom is -0.507 e. The Morgan fingerprint density at radius 1 is 0.886 bits per heavy atom. The van der Waals surface area contributed by atoms with Gasteiger partial charge in [-0.3, -0.25) is 9.89 Å². The van der Waals surface area contributed by atoms with Crippen LogP contribution < -0.4 is 14.2 Å². The van der Waals surface area contributed by atoms with Gasteiger partial charge in [0.1, 0.15) is 29.5 Å². The standard InChI is InChI=1S/C36H35N3O5/c1-22-17-23(2)31(28(40)18-22)33-32-34(38-37-33)36(41)39(16-15-24-13-14-29(42-3)30(19-24)43-4)35(32)26-11-8-12-27(20-26)44-21-25-9-6-5-7-10-25/h5-14,17-20,35,40H,15-16,21H2,1-4H3,(H,37,38). The second-order valence-electron chi connectivity index (χ2n) is 11.0. The van der Waals surface area contributed by atoms with Gasteiger partial charge in [0.2, 0.25) is 0 Å². The summed E-state index contributed by atoms with van der Waals surface area (Å²) >= 11 is 0. The molecule has 1 aromatic heterocycles. The topological polar surface area (TPSA) is 96.9 Å². The Morgan fingerprint density at radius 3 is 2.43 bits per heavy atom. The van der Waals surface area contributed by atoms with Crippen molar-refractivity contribution in [1.29, 1.82) is 0 Å². The highest BCUT2D eigenvalue weighted by Gasteiger charge is 2.42. The van der Waals surface area contributed by atoms with Gasteiger partial charge >= 0.3 is 0 Å². The number of hydrogen-bond donors (Lipinski definition) is 2. The van der Waals surface area contributed by atoms with Crippen molar-refractivity contribution in [3.05, 3.63) is 124 Å². The Labute approximate surface area is 256 Å². The van der Waals surface area contributed by atoms with E-state index < -0.39 is 6.04 Å². The van der Waals surface area contributed by atoms with Crippen LogP contribution in [0.15, 0.2) is 84.9 Å². The van der Waals surface area contributed by atoms with Crippen molar-refractivity contribution >= 4 is 5.91 Å². The molecule has 1 aliphatic heterocycles.